The van der Waals surface area contributed by atoms with Crippen molar-refractivity contribution in [2.45, 2.75) is 64.0 Å². The van der Waals surface area contributed by atoms with Crippen LogP contribution in [-0.4, -0.2) is 57.9 Å². The number of amides is 1. The van der Waals surface area contributed by atoms with E-state index in [1.807, 2.05) is 18.2 Å². The number of anilines is 1. The average Bonchev–Trinajstić information content (AvgIpc) is 3.16. The van der Waals surface area contributed by atoms with Gasteiger partial charge in [-0.15, -0.1) is 11.3 Å². The number of aromatic nitrogens is 2. The summed E-state index contributed by atoms with van der Waals surface area (Å²) < 4.78 is 44.3. The van der Waals surface area contributed by atoms with Gasteiger partial charge >= 0.3 is 12.3 Å². The lowest BCUT2D eigenvalue weighted by Gasteiger charge is -2.39. The number of halogens is 3. The van der Waals surface area contributed by atoms with Crippen LogP contribution in [0.5, 0.6) is 0 Å². The van der Waals surface area contributed by atoms with Gasteiger partial charge in [0.2, 0.25) is 0 Å². The van der Waals surface area contributed by atoms with Crippen LogP contribution >= 0.6 is 11.3 Å². The molecule has 11 heteroatoms. The van der Waals surface area contributed by atoms with Gasteiger partial charge in [0.25, 0.3) is 0 Å². The molecule has 2 unspecified atom stereocenters. The summed E-state index contributed by atoms with van der Waals surface area (Å²) >= 11 is 1.01. The Hall–Kier alpha value is -2.92. The maximum Gasteiger partial charge on any atom is 0.407 e. The fourth-order valence-corrected chi connectivity index (χ4v) is 5.29. The van der Waals surface area contributed by atoms with Crippen molar-refractivity contribution in [1.82, 2.24) is 20.2 Å². The molecule has 1 saturated heterocycles. The van der Waals surface area contributed by atoms with E-state index in [-0.39, 0.29) is 17.0 Å². The number of benzene rings is 1. The average molecular weight is 522 g/mol. The molecule has 3 aromatic rings. The lowest BCUT2D eigenvalue weighted by atomic mass is 9.98. The van der Waals surface area contributed by atoms with Crippen LogP contribution in [0.25, 0.3) is 10.2 Å². The highest BCUT2D eigenvalue weighted by Crippen LogP contribution is 2.33. The summed E-state index contributed by atoms with van der Waals surface area (Å²) in [7, 11) is 0. The number of hydrogen-bond donors (Lipinski definition) is 2. The van der Waals surface area contributed by atoms with Gasteiger partial charge in [-0.1, -0.05) is 30.3 Å². The first-order valence-electron chi connectivity index (χ1n) is 11.8. The van der Waals surface area contributed by atoms with Crippen molar-refractivity contribution >= 4 is 33.5 Å². The quantitative estimate of drug-likeness (QED) is 0.454. The molecule has 36 heavy (non-hydrogen) atoms. The summed E-state index contributed by atoms with van der Waals surface area (Å²) in [5.41, 5.74) is 0.531. The Morgan fingerprint density at radius 2 is 1.92 bits per heavy atom. The van der Waals surface area contributed by atoms with Gasteiger partial charge in [-0.05, 0) is 38.8 Å². The van der Waals surface area contributed by atoms with Crippen LogP contribution in [0, 0.1) is 0 Å². The molecule has 194 valence electrons. The molecule has 1 aromatic carbocycles. The van der Waals surface area contributed by atoms with Crippen molar-refractivity contribution in [1.29, 1.82) is 0 Å². The normalized spacial score (nSPS) is 19.3. The number of ether oxygens (including phenoxy) is 1. The highest BCUT2D eigenvalue weighted by molar-refractivity contribution is 7.18. The number of fused-ring (bicyclic) bond motifs is 1. The lowest BCUT2D eigenvalue weighted by molar-refractivity contribution is -0.126. The molecule has 7 nitrogen and oxygen atoms in total. The molecule has 1 aliphatic rings. The molecule has 1 aliphatic heterocycles. The van der Waals surface area contributed by atoms with E-state index < -0.39 is 24.3 Å². The molecule has 0 aliphatic carbocycles. The fraction of sp³-hybridized carbons (Fsp3) is 0.480. The third-order valence-electron chi connectivity index (χ3n) is 5.73. The second-order valence-electron chi connectivity index (χ2n) is 9.96. The standard InChI is InChI=1S/C25H30F3N5O2S/c1-24(2,3)35-23(34)32-20-14-33(13-16-7-5-4-6-8-16)10-9-19(20)31-21-18-11-17(12-25(26,27)28)36-22(18)30-15-29-21/h4-8,11,15,19-20H,9-10,12-14H2,1-3H3,(H,32,34)(H,29,30,31). The molecule has 2 atom stereocenters. The Labute approximate surface area is 212 Å². The van der Waals surface area contributed by atoms with Crippen molar-refractivity contribution in [3.8, 4) is 0 Å². The van der Waals surface area contributed by atoms with Gasteiger partial charge in [0, 0.05) is 24.5 Å². The highest BCUT2D eigenvalue weighted by Gasteiger charge is 2.33. The van der Waals surface area contributed by atoms with E-state index in [9.17, 15) is 18.0 Å². The second-order valence-corrected chi connectivity index (χ2v) is 11.1. The van der Waals surface area contributed by atoms with E-state index in [1.165, 1.54) is 18.0 Å². The van der Waals surface area contributed by atoms with E-state index in [0.717, 1.165) is 24.4 Å². The minimum atomic E-state index is -4.30. The van der Waals surface area contributed by atoms with Crippen LogP contribution in [0.1, 0.15) is 37.6 Å². The number of hydrogen-bond acceptors (Lipinski definition) is 7. The number of nitrogens with one attached hydrogen (secondary N) is 2. The maximum absolute atomic E-state index is 12.9. The summed E-state index contributed by atoms with van der Waals surface area (Å²) in [5.74, 6) is 0.460. The van der Waals surface area contributed by atoms with Crippen molar-refractivity contribution in [2.75, 3.05) is 18.4 Å². The Bertz CT molecular complexity index is 1180. The summed E-state index contributed by atoms with van der Waals surface area (Å²) in [5, 5.41) is 6.92. The summed E-state index contributed by atoms with van der Waals surface area (Å²) in [6.45, 7) is 7.50. The third kappa shape index (κ3) is 7.30. The predicted molar refractivity (Wildman–Crippen MR) is 134 cm³/mol. The largest absolute Gasteiger partial charge is 0.444 e. The minimum absolute atomic E-state index is 0.183. The number of alkyl carbamates (subject to hydrolysis) is 1. The van der Waals surface area contributed by atoms with Gasteiger partial charge in [0.1, 0.15) is 22.6 Å². The Morgan fingerprint density at radius 3 is 2.61 bits per heavy atom. The number of nitrogens with zero attached hydrogens (tertiary/aromatic N) is 3. The summed E-state index contributed by atoms with van der Waals surface area (Å²) in [4.78, 5) is 24.0. The van der Waals surface area contributed by atoms with E-state index in [0.29, 0.717) is 29.0 Å². The van der Waals surface area contributed by atoms with Crippen molar-refractivity contribution in [3.63, 3.8) is 0 Å². The zero-order valence-electron chi connectivity index (χ0n) is 20.4. The van der Waals surface area contributed by atoms with Gasteiger partial charge < -0.3 is 15.4 Å². The molecule has 4 rings (SSSR count). The first-order valence-corrected chi connectivity index (χ1v) is 12.6. The van der Waals surface area contributed by atoms with Gasteiger partial charge in [0.05, 0.1) is 23.9 Å². The number of carbonyl (C=O) groups is 1. The Kier molecular flexibility index (Phi) is 7.70. The maximum atomic E-state index is 12.9. The number of rotatable bonds is 6. The SMILES string of the molecule is CC(C)(C)OC(=O)NC1CN(Cc2ccccc2)CCC1Nc1ncnc2sc(CC(F)(F)F)cc12. The number of likely N-dealkylation sites (tertiary alicyclic amines) is 1. The van der Waals surface area contributed by atoms with Crippen molar-refractivity contribution in [2.24, 2.45) is 0 Å². The number of thiophene rings is 1. The van der Waals surface area contributed by atoms with E-state index in [2.05, 4.69) is 37.6 Å². The third-order valence-corrected chi connectivity index (χ3v) is 6.77. The predicted octanol–water partition coefficient (Wildman–Crippen LogP) is 5.38. The van der Waals surface area contributed by atoms with E-state index in [1.54, 1.807) is 20.8 Å². The zero-order chi connectivity index (χ0) is 25.9. The summed E-state index contributed by atoms with van der Waals surface area (Å²) in [6, 6.07) is 11.1. The summed E-state index contributed by atoms with van der Waals surface area (Å²) in [6.07, 6.45) is -3.78. The number of alkyl halides is 3. The monoisotopic (exact) mass is 521 g/mol. The van der Waals surface area contributed by atoms with Crippen LogP contribution in [0.4, 0.5) is 23.8 Å². The topological polar surface area (TPSA) is 79.4 Å². The van der Waals surface area contributed by atoms with E-state index >= 15 is 0 Å². The van der Waals surface area contributed by atoms with Crippen LogP contribution in [0.15, 0.2) is 42.7 Å². The Morgan fingerprint density at radius 1 is 1.17 bits per heavy atom. The second kappa shape index (κ2) is 10.6. The van der Waals surface area contributed by atoms with Gasteiger partial charge in [0.15, 0.2) is 0 Å². The zero-order valence-corrected chi connectivity index (χ0v) is 21.2. The van der Waals surface area contributed by atoms with Crippen LogP contribution in [0.2, 0.25) is 0 Å². The number of piperidine rings is 1. The first kappa shape index (κ1) is 26.2. The molecule has 3 heterocycles. The Balaban J connectivity index is 1.53. The number of carbonyl (C=O) groups excluding carboxylic acids is 1. The molecule has 1 amide bonds. The molecule has 0 bridgehead atoms. The molecular formula is C25H30F3N5O2S. The van der Waals surface area contributed by atoms with Crippen LogP contribution in [-0.2, 0) is 17.7 Å². The molecule has 2 N–H and O–H groups in total. The van der Waals surface area contributed by atoms with Crippen LogP contribution in [0.3, 0.4) is 0 Å². The molecule has 1 fully saturated rings. The van der Waals surface area contributed by atoms with Gasteiger partial charge in [-0.25, -0.2) is 14.8 Å². The molecule has 0 saturated carbocycles. The molecule has 0 spiro atoms. The molecular weight excluding hydrogens is 491 g/mol. The van der Waals surface area contributed by atoms with Gasteiger partial charge in [-0.2, -0.15) is 13.2 Å². The van der Waals surface area contributed by atoms with Crippen molar-refractivity contribution in [3.05, 3.63) is 53.2 Å². The van der Waals surface area contributed by atoms with Gasteiger partial charge in [-0.3, -0.25) is 4.90 Å². The highest BCUT2D eigenvalue weighted by atomic mass is 32.1. The molecule has 2 aromatic heterocycles. The minimum Gasteiger partial charge on any atom is -0.444 e. The van der Waals surface area contributed by atoms with E-state index in [4.69, 9.17) is 4.74 Å². The molecule has 0 radical (unpaired) electrons. The fourth-order valence-electron chi connectivity index (χ4n) is 4.26. The first-order chi connectivity index (χ1) is 16.9. The lowest BCUT2D eigenvalue weighted by Crippen LogP contribution is -2.57. The van der Waals surface area contributed by atoms with Crippen molar-refractivity contribution < 1.29 is 22.7 Å². The smallest absolute Gasteiger partial charge is 0.407 e. The van der Waals surface area contributed by atoms with Crippen LogP contribution < -0.4 is 10.6 Å².